The largest absolute Gasteiger partial charge is 0.351 e. The number of benzene rings is 1. The number of hydrogen-bond acceptors (Lipinski definition) is 4. The lowest BCUT2D eigenvalue weighted by Gasteiger charge is -2.08. The van der Waals surface area contributed by atoms with E-state index < -0.39 is 0 Å². The van der Waals surface area contributed by atoms with E-state index in [9.17, 15) is 9.59 Å². The van der Waals surface area contributed by atoms with Crippen LogP contribution in [0.3, 0.4) is 0 Å². The van der Waals surface area contributed by atoms with E-state index in [-0.39, 0.29) is 11.8 Å². The second kappa shape index (κ2) is 7.94. The average Bonchev–Trinajstić information content (AvgIpc) is 3.04. The topological polar surface area (TPSA) is 102 Å². The Labute approximate surface area is 128 Å². The molecule has 0 fully saturated rings. The molecule has 0 saturated carbocycles. The first-order valence-corrected chi connectivity index (χ1v) is 7.03. The molecule has 2 aromatic rings. The summed E-state index contributed by atoms with van der Waals surface area (Å²) < 4.78 is 1.83. The van der Waals surface area contributed by atoms with Crippen molar-refractivity contribution in [3.8, 4) is 0 Å². The molecule has 0 bridgehead atoms. The molecule has 2 amide bonds. The molecule has 22 heavy (non-hydrogen) atoms. The summed E-state index contributed by atoms with van der Waals surface area (Å²) >= 11 is 0. The normalized spacial score (nSPS) is 10.2. The zero-order valence-corrected chi connectivity index (χ0v) is 12.2. The molecular formula is C15H19N5O2. The summed E-state index contributed by atoms with van der Waals surface area (Å²) in [5.74, 6) is -0.326. The van der Waals surface area contributed by atoms with Crippen LogP contribution in [0.1, 0.15) is 16.8 Å². The zero-order chi connectivity index (χ0) is 15.8. The van der Waals surface area contributed by atoms with Crippen LogP contribution in [0.4, 0.5) is 5.69 Å². The number of amides is 2. The van der Waals surface area contributed by atoms with Gasteiger partial charge >= 0.3 is 0 Å². The molecule has 2 rings (SSSR count). The maximum atomic E-state index is 11.9. The van der Waals surface area contributed by atoms with E-state index in [1.807, 2.05) is 4.57 Å². The van der Waals surface area contributed by atoms with Gasteiger partial charge in [0.05, 0.1) is 6.33 Å². The molecule has 4 N–H and O–H groups in total. The Balaban J connectivity index is 1.89. The highest BCUT2D eigenvalue weighted by atomic mass is 16.2. The van der Waals surface area contributed by atoms with Crippen LogP contribution in [0.15, 0.2) is 43.0 Å². The van der Waals surface area contributed by atoms with Gasteiger partial charge in [0.2, 0.25) is 5.91 Å². The smallest absolute Gasteiger partial charge is 0.251 e. The third-order valence-electron chi connectivity index (χ3n) is 2.99. The Morgan fingerprint density at radius 2 is 2.18 bits per heavy atom. The summed E-state index contributed by atoms with van der Waals surface area (Å²) in [5.41, 5.74) is 6.43. The van der Waals surface area contributed by atoms with E-state index >= 15 is 0 Å². The number of hydrogen-bond donors (Lipinski definition) is 3. The molecule has 7 nitrogen and oxygen atoms in total. The number of aromatic nitrogens is 2. The zero-order valence-electron chi connectivity index (χ0n) is 12.2. The van der Waals surface area contributed by atoms with Crippen LogP contribution >= 0.6 is 0 Å². The molecule has 0 unspecified atom stereocenters. The summed E-state index contributed by atoms with van der Waals surface area (Å²) in [7, 11) is 0. The molecule has 0 radical (unpaired) electrons. The molecule has 0 saturated heterocycles. The van der Waals surface area contributed by atoms with Crippen molar-refractivity contribution in [3.63, 3.8) is 0 Å². The van der Waals surface area contributed by atoms with Gasteiger partial charge in [0.25, 0.3) is 5.91 Å². The van der Waals surface area contributed by atoms with E-state index in [0.717, 1.165) is 0 Å². The van der Waals surface area contributed by atoms with Crippen LogP contribution in [0, 0.1) is 0 Å². The summed E-state index contributed by atoms with van der Waals surface area (Å²) in [5, 5.41) is 5.46. The molecule has 0 aliphatic rings. The average molecular weight is 301 g/mol. The number of nitrogens with zero attached hydrogens (tertiary/aromatic N) is 2. The number of nitrogens with two attached hydrogens (primary N) is 1. The van der Waals surface area contributed by atoms with Gasteiger partial charge in [-0.2, -0.15) is 0 Å². The van der Waals surface area contributed by atoms with Crippen molar-refractivity contribution in [2.24, 2.45) is 5.73 Å². The number of aryl methyl sites for hydroxylation is 1. The van der Waals surface area contributed by atoms with Gasteiger partial charge in [-0.3, -0.25) is 9.59 Å². The van der Waals surface area contributed by atoms with Crippen molar-refractivity contribution in [2.75, 3.05) is 18.4 Å². The Morgan fingerprint density at radius 1 is 1.32 bits per heavy atom. The third kappa shape index (κ3) is 4.71. The number of imidazole rings is 1. The first-order chi connectivity index (χ1) is 10.7. The lowest BCUT2D eigenvalue weighted by Crippen LogP contribution is -2.29. The van der Waals surface area contributed by atoms with Crippen LogP contribution < -0.4 is 16.4 Å². The predicted molar refractivity (Wildman–Crippen MR) is 83.3 cm³/mol. The van der Waals surface area contributed by atoms with Crippen LogP contribution in [-0.4, -0.2) is 34.5 Å². The second-order valence-electron chi connectivity index (χ2n) is 4.72. The first-order valence-electron chi connectivity index (χ1n) is 7.03. The number of carbonyl (C=O) groups excluding carboxylic acids is 2. The second-order valence-corrected chi connectivity index (χ2v) is 4.72. The highest BCUT2D eigenvalue weighted by molar-refractivity contribution is 5.97. The SMILES string of the molecule is NCCNC(=O)c1cccc(NC(=O)CCn2ccnc2)c1. The van der Waals surface area contributed by atoms with Crippen molar-refractivity contribution in [2.45, 2.75) is 13.0 Å². The minimum Gasteiger partial charge on any atom is -0.351 e. The number of nitrogens with one attached hydrogen (secondary N) is 2. The molecule has 7 heteroatoms. The van der Waals surface area contributed by atoms with Gasteiger partial charge in [-0.1, -0.05) is 6.07 Å². The van der Waals surface area contributed by atoms with Crippen LogP contribution in [0.2, 0.25) is 0 Å². The van der Waals surface area contributed by atoms with Gasteiger partial charge in [-0.05, 0) is 18.2 Å². The highest BCUT2D eigenvalue weighted by Crippen LogP contribution is 2.11. The fourth-order valence-corrected chi connectivity index (χ4v) is 1.90. The lowest BCUT2D eigenvalue weighted by molar-refractivity contribution is -0.116. The maximum absolute atomic E-state index is 11.9. The van der Waals surface area contributed by atoms with Gasteiger partial charge in [0, 0.05) is 49.7 Å². The lowest BCUT2D eigenvalue weighted by atomic mass is 10.2. The van der Waals surface area contributed by atoms with Crippen molar-refractivity contribution >= 4 is 17.5 Å². The van der Waals surface area contributed by atoms with Gasteiger partial charge in [0.15, 0.2) is 0 Å². The highest BCUT2D eigenvalue weighted by Gasteiger charge is 2.07. The Kier molecular flexibility index (Phi) is 5.67. The molecular weight excluding hydrogens is 282 g/mol. The standard InChI is InChI=1S/C15H19N5O2/c16-5-6-18-15(22)12-2-1-3-13(10-12)19-14(21)4-8-20-9-7-17-11-20/h1-3,7,9-11H,4-6,8,16H2,(H,18,22)(H,19,21). The van der Waals surface area contributed by atoms with E-state index in [1.54, 1.807) is 43.0 Å². The first kappa shape index (κ1) is 15.7. The molecule has 0 atom stereocenters. The van der Waals surface area contributed by atoms with Gasteiger partial charge in [-0.25, -0.2) is 4.98 Å². The van der Waals surface area contributed by atoms with Crippen molar-refractivity contribution in [3.05, 3.63) is 48.5 Å². The summed E-state index contributed by atoms with van der Waals surface area (Å²) in [6, 6.07) is 6.80. The molecule has 1 aromatic carbocycles. The Hall–Kier alpha value is -2.67. The van der Waals surface area contributed by atoms with Crippen LogP contribution in [0.25, 0.3) is 0 Å². The number of anilines is 1. The van der Waals surface area contributed by atoms with Gasteiger partial charge in [-0.15, -0.1) is 0 Å². The minimum absolute atomic E-state index is 0.117. The molecule has 0 aliphatic heterocycles. The summed E-state index contributed by atoms with van der Waals surface area (Å²) in [4.78, 5) is 27.6. The quantitative estimate of drug-likeness (QED) is 0.697. The van der Waals surface area contributed by atoms with Crippen LogP contribution in [-0.2, 0) is 11.3 Å². The van der Waals surface area contributed by atoms with E-state index in [2.05, 4.69) is 15.6 Å². The third-order valence-corrected chi connectivity index (χ3v) is 2.99. The summed E-state index contributed by atoms with van der Waals surface area (Å²) in [6.45, 7) is 1.36. The van der Waals surface area contributed by atoms with Crippen molar-refractivity contribution in [1.82, 2.24) is 14.9 Å². The molecule has 0 aliphatic carbocycles. The number of rotatable bonds is 7. The van der Waals surface area contributed by atoms with Crippen molar-refractivity contribution < 1.29 is 9.59 Å². The minimum atomic E-state index is -0.208. The van der Waals surface area contributed by atoms with Gasteiger partial charge < -0.3 is 20.9 Å². The fourth-order valence-electron chi connectivity index (χ4n) is 1.90. The number of carbonyl (C=O) groups is 2. The molecule has 0 spiro atoms. The van der Waals surface area contributed by atoms with E-state index in [0.29, 0.717) is 37.3 Å². The van der Waals surface area contributed by atoms with Crippen LogP contribution in [0.5, 0.6) is 0 Å². The predicted octanol–water partition coefficient (Wildman–Crippen LogP) is 0.600. The molecule has 116 valence electrons. The fraction of sp³-hybridized carbons (Fsp3) is 0.267. The summed E-state index contributed by atoms with van der Waals surface area (Å²) in [6.07, 6.45) is 5.46. The van der Waals surface area contributed by atoms with E-state index in [1.165, 1.54) is 0 Å². The van der Waals surface area contributed by atoms with E-state index in [4.69, 9.17) is 5.73 Å². The monoisotopic (exact) mass is 301 g/mol. The molecule has 1 heterocycles. The van der Waals surface area contributed by atoms with Crippen molar-refractivity contribution in [1.29, 1.82) is 0 Å². The maximum Gasteiger partial charge on any atom is 0.251 e. The molecule has 1 aromatic heterocycles. The Bertz CT molecular complexity index is 625. The van der Waals surface area contributed by atoms with Gasteiger partial charge in [0.1, 0.15) is 0 Å². The Morgan fingerprint density at radius 3 is 2.91 bits per heavy atom.